The van der Waals surface area contributed by atoms with Gasteiger partial charge in [0.1, 0.15) is 5.82 Å². The smallest absolute Gasteiger partial charge is 0.289 e. The second kappa shape index (κ2) is 8.34. The monoisotopic (exact) mass is 391 g/mol. The summed E-state index contributed by atoms with van der Waals surface area (Å²) in [6.07, 6.45) is 1.53. The van der Waals surface area contributed by atoms with E-state index >= 15 is 0 Å². The quantitative estimate of drug-likeness (QED) is 0.666. The Kier molecular flexibility index (Phi) is 5.46. The first-order valence-corrected chi connectivity index (χ1v) is 9.78. The Morgan fingerprint density at radius 1 is 1.07 bits per heavy atom. The maximum absolute atomic E-state index is 12.5. The van der Waals surface area contributed by atoms with Gasteiger partial charge < -0.3 is 19.1 Å². The fraction of sp³-hybridized carbons (Fsp3) is 0.318. The number of furan rings is 1. The zero-order valence-corrected chi connectivity index (χ0v) is 16.8. The van der Waals surface area contributed by atoms with Crippen molar-refractivity contribution in [1.82, 2.24) is 14.9 Å². The molecule has 1 aromatic carbocycles. The van der Waals surface area contributed by atoms with Crippen LogP contribution in [0.2, 0.25) is 0 Å². The van der Waals surface area contributed by atoms with E-state index in [0.717, 1.165) is 31.1 Å². The molecule has 1 saturated heterocycles. The van der Waals surface area contributed by atoms with Crippen LogP contribution in [0.1, 0.15) is 21.8 Å². The highest BCUT2D eigenvalue weighted by molar-refractivity contribution is 5.91. The van der Waals surface area contributed by atoms with E-state index in [4.69, 9.17) is 9.40 Å². The molecule has 0 bridgehead atoms. The van der Waals surface area contributed by atoms with E-state index in [1.165, 1.54) is 11.8 Å². The molecule has 0 unspecified atom stereocenters. The van der Waals surface area contributed by atoms with Crippen LogP contribution in [0, 0.1) is 6.92 Å². The van der Waals surface area contributed by atoms with E-state index in [2.05, 4.69) is 26.9 Å². The number of amides is 1. The highest BCUT2D eigenvalue weighted by atomic mass is 16.3. The van der Waals surface area contributed by atoms with Crippen LogP contribution in [-0.4, -0.2) is 54.0 Å². The molecule has 1 aliphatic heterocycles. The lowest BCUT2D eigenvalue weighted by atomic mass is 10.2. The molecule has 3 aromatic rings. The molecule has 1 aliphatic rings. The lowest BCUT2D eigenvalue weighted by Crippen LogP contribution is -2.49. The standard InChI is InChI=1S/C22H25N5O2/c1-17-15-20(24-22(23-17)25(2)16-18-7-4-3-5-8-18)26-10-12-27(13-11-26)21(28)19-9-6-14-29-19/h3-9,14-15H,10-13,16H2,1-2H3. The highest BCUT2D eigenvalue weighted by Gasteiger charge is 2.25. The Balaban J connectivity index is 1.43. The summed E-state index contributed by atoms with van der Waals surface area (Å²) in [6.45, 7) is 5.46. The first kappa shape index (κ1) is 19.0. The number of hydrogen-bond acceptors (Lipinski definition) is 6. The van der Waals surface area contributed by atoms with Gasteiger partial charge in [-0.05, 0) is 24.6 Å². The second-order valence-electron chi connectivity index (χ2n) is 7.27. The van der Waals surface area contributed by atoms with Crippen LogP contribution >= 0.6 is 0 Å². The number of aryl methyl sites for hydroxylation is 1. The minimum atomic E-state index is -0.0585. The molecule has 2 aromatic heterocycles. The Labute approximate surface area is 170 Å². The van der Waals surface area contributed by atoms with Crippen LogP contribution in [0.15, 0.2) is 59.2 Å². The van der Waals surface area contributed by atoms with Crippen LogP contribution in [0.5, 0.6) is 0 Å². The van der Waals surface area contributed by atoms with Gasteiger partial charge in [-0.2, -0.15) is 4.98 Å². The predicted octanol–water partition coefficient (Wildman–Crippen LogP) is 2.98. The minimum Gasteiger partial charge on any atom is -0.459 e. The number of aromatic nitrogens is 2. The van der Waals surface area contributed by atoms with Crippen molar-refractivity contribution < 1.29 is 9.21 Å². The first-order valence-electron chi connectivity index (χ1n) is 9.78. The van der Waals surface area contributed by atoms with Crippen molar-refractivity contribution in [1.29, 1.82) is 0 Å². The third-order valence-electron chi connectivity index (χ3n) is 5.06. The molecule has 0 saturated carbocycles. The molecule has 0 atom stereocenters. The number of hydrogen-bond donors (Lipinski definition) is 0. The van der Waals surface area contributed by atoms with Gasteiger partial charge in [-0.3, -0.25) is 4.79 Å². The molecular formula is C22H25N5O2. The Morgan fingerprint density at radius 2 is 1.83 bits per heavy atom. The van der Waals surface area contributed by atoms with Crippen LogP contribution < -0.4 is 9.80 Å². The number of benzene rings is 1. The van der Waals surface area contributed by atoms with E-state index in [9.17, 15) is 4.79 Å². The summed E-state index contributed by atoms with van der Waals surface area (Å²) >= 11 is 0. The van der Waals surface area contributed by atoms with Crippen LogP contribution in [0.4, 0.5) is 11.8 Å². The van der Waals surface area contributed by atoms with Crippen LogP contribution in [0.25, 0.3) is 0 Å². The van der Waals surface area contributed by atoms with Gasteiger partial charge in [0.2, 0.25) is 5.95 Å². The maximum atomic E-state index is 12.5. The summed E-state index contributed by atoms with van der Waals surface area (Å²) in [5.74, 6) is 1.94. The normalized spacial score (nSPS) is 14.1. The Hall–Kier alpha value is -3.35. The van der Waals surface area contributed by atoms with E-state index in [1.54, 1.807) is 12.1 Å². The average molecular weight is 391 g/mol. The molecule has 7 nitrogen and oxygen atoms in total. The molecule has 1 fully saturated rings. The number of anilines is 2. The van der Waals surface area contributed by atoms with Gasteiger partial charge in [-0.1, -0.05) is 30.3 Å². The first-order chi connectivity index (χ1) is 14.1. The van der Waals surface area contributed by atoms with Gasteiger partial charge in [-0.25, -0.2) is 4.98 Å². The molecule has 4 rings (SSSR count). The van der Waals surface area contributed by atoms with Gasteiger partial charge >= 0.3 is 0 Å². The fourth-order valence-electron chi connectivity index (χ4n) is 3.49. The van der Waals surface area contributed by atoms with E-state index in [-0.39, 0.29) is 5.91 Å². The number of rotatable bonds is 5. The van der Waals surface area contributed by atoms with E-state index in [0.29, 0.717) is 24.8 Å². The summed E-state index contributed by atoms with van der Waals surface area (Å²) in [7, 11) is 2.01. The van der Waals surface area contributed by atoms with Gasteiger partial charge in [-0.15, -0.1) is 0 Å². The molecule has 7 heteroatoms. The molecule has 0 N–H and O–H groups in total. The van der Waals surface area contributed by atoms with Gasteiger partial charge in [0, 0.05) is 51.5 Å². The van der Waals surface area contributed by atoms with Crippen molar-refractivity contribution in [3.63, 3.8) is 0 Å². The minimum absolute atomic E-state index is 0.0585. The van der Waals surface area contributed by atoms with Crippen molar-refractivity contribution in [2.45, 2.75) is 13.5 Å². The van der Waals surface area contributed by atoms with Gasteiger partial charge in [0.15, 0.2) is 5.76 Å². The highest BCUT2D eigenvalue weighted by Crippen LogP contribution is 2.20. The number of carbonyl (C=O) groups excluding carboxylic acids is 1. The molecule has 150 valence electrons. The molecule has 0 aliphatic carbocycles. The number of nitrogens with zero attached hydrogens (tertiary/aromatic N) is 5. The summed E-state index contributed by atoms with van der Waals surface area (Å²) in [4.78, 5) is 28.0. The van der Waals surface area contributed by atoms with Crippen LogP contribution in [-0.2, 0) is 6.54 Å². The molecule has 0 radical (unpaired) electrons. The topological polar surface area (TPSA) is 65.7 Å². The fourth-order valence-corrected chi connectivity index (χ4v) is 3.49. The van der Waals surface area contributed by atoms with Gasteiger partial charge in [0.25, 0.3) is 5.91 Å². The summed E-state index contributed by atoms with van der Waals surface area (Å²) in [5.41, 5.74) is 2.14. The molecule has 29 heavy (non-hydrogen) atoms. The van der Waals surface area contributed by atoms with Crippen molar-refractivity contribution in [3.05, 3.63) is 71.8 Å². The third kappa shape index (κ3) is 4.39. The molecule has 0 spiro atoms. The molecular weight excluding hydrogens is 366 g/mol. The Bertz CT molecular complexity index is 951. The van der Waals surface area contributed by atoms with Gasteiger partial charge in [0.05, 0.1) is 6.26 Å². The van der Waals surface area contributed by atoms with Crippen molar-refractivity contribution in [2.75, 3.05) is 43.0 Å². The zero-order chi connectivity index (χ0) is 20.2. The van der Waals surface area contributed by atoms with E-state index in [1.807, 2.05) is 43.1 Å². The molecule has 1 amide bonds. The molecule has 3 heterocycles. The lowest BCUT2D eigenvalue weighted by Gasteiger charge is -2.35. The third-order valence-corrected chi connectivity index (χ3v) is 5.06. The zero-order valence-electron chi connectivity index (χ0n) is 16.8. The average Bonchev–Trinajstić information content (AvgIpc) is 3.28. The summed E-state index contributed by atoms with van der Waals surface area (Å²) < 4.78 is 5.24. The van der Waals surface area contributed by atoms with Crippen molar-refractivity contribution in [2.24, 2.45) is 0 Å². The summed E-state index contributed by atoms with van der Waals surface area (Å²) in [5, 5.41) is 0. The number of piperazine rings is 1. The summed E-state index contributed by atoms with van der Waals surface area (Å²) in [6, 6.07) is 15.7. The van der Waals surface area contributed by atoms with Crippen molar-refractivity contribution in [3.8, 4) is 0 Å². The predicted molar refractivity (Wildman–Crippen MR) is 112 cm³/mol. The largest absolute Gasteiger partial charge is 0.459 e. The van der Waals surface area contributed by atoms with E-state index < -0.39 is 0 Å². The maximum Gasteiger partial charge on any atom is 0.289 e. The van der Waals surface area contributed by atoms with Crippen LogP contribution in [0.3, 0.4) is 0 Å². The lowest BCUT2D eigenvalue weighted by molar-refractivity contribution is 0.0714. The Morgan fingerprint density at radius 3 is 2.52 bits per heavy atom. The number of carbonyl (C=O) groups is 1. The SMILES string of the molecule is Cc1cc(N2CCN(C(=O)c3ccco3)CC2)nc(N(C)Cc2ccccc2)n1. The van der Waals surface area contributed by atoms with Crippen molar-refractivity contribution >= 4 is 17.7 Å². The second-order valence-corrected chi connectivity index (χ2v) is 7.27.